The third-order valence-corrected chi connectivity index (χ3v) is 2.64. The van der Waals surface area contributed by atoms with Crippen LogP contribution in [0.4, 0.5) is 0 Å². The van der Waals surface area contributed by atoms with Gasteiger partial charge in [-0.25, -0.2) is 0 Å². The van der Waals surface area contributed by atoms with Crippen molar-refractivity contribution in [1.29, 1.82) is 0 Å². The van der Waals surface area contributed by atoms with E-state index in [1.54, 1.807) is 13.8 Å². The Labute approximate surface area is 90.2 Å². The Morgan fingerprint density at radius 1 is 1.20 bits per heavy atom. The molecule has 3 heteroatoms. The second kappa shape index (κ2) is 4.91. The van der Waals surface area contributed by atoms with Crippen LogP contribution in [0.15, 0.2) is 22.9 Å². The van der Waals surface area contributed by atoms with E-state index in [-0.39, 0.29) is 11.6 Å². The summed E-state index contributed by atoms with van der Waals surface area (Å²) >= 11 is 0. The Bertz CT molecular complexity index is 351. The maximum absolute atomic E-state index is 11.7. The molecule has 0 radical (unpaired) electrons. The van der Waals surface area contributed by atoms with Gasteiger partial charge in [-0.2, -0.15) is 0 Å². The number of Topliss-reactive ketones (excluding diaryl/α,β-unsaturated/α-hetero) is 1. The van der Waals surface area contributed by atoms with Gasteiger partial charge in [0.1, 0.15) is 0 Å². The Hall–Kier alpha value is -1.38. The van der Waals surface area contributed by atoms with Crippen LogP contribution < -0.4 is 5.32 Å². The monoisotopic (exact) mass is 207 g/mol. The molecule has 0 aliphatic heterocycles. The zero-order valence-corrected chi connectivity index (χ0v) is 9.52. The van der Waals surface area contributed by atoms with Crippen LogP contribution in [0.5, 0.6) is 0 Å². The van der Waals surface area contributed by atoms with Crippen LogP contribution in [-0.2, 0) is 9.59 Å². The summed E-state index contributed by atoms with van der Waals surface area (Å²) in [7, 11) is 0. The smallest absolute Gasteiger partial charge is 0.205 e. The van der Waals surface area contributed by atoms with Gasteiger partial charge in [0.15, 0.2) is 5.78 Å². The molecule has 0 aromatic carbocycles. The number of hydrogen-bond acceptors (Lipinski definition) is 3. The number of allylic oxidation sites excluding steroid dienone is 3. The number of hydrogen-bond donors (Lipinski definition) is 1. The molecule has 0 atom stereocenters. The molecule has 1 aliphatic carbocycles. The molecule has 0 saturated carbocycles. The molecule has 1 N–H and O–H groups in total. The maximum Gasteiger partial charge on any atom is 0.205 e. The van der Waals surface area contributed by atoms with Crippen molar-refractivity contribution in [3.05, 3.63) is 22.9 Å². The topological polar surface area (TPSA) is 46.2 Å². The minimum atomic E-state index is -0.0638. The van der Waals surface area contributed by atoms with Gasteiger partial charge in [0.05, 0.1) is 5.70 Å². The second-order valence-electron chi connectivity index (χ2n) is 3.78. The van der Waals surface area contributed by atoms with Crippen LogP contribution in [0, 0.1) is 0 Å². The van der Waals surface area contributed by atoms with E-state index in [0.29, 0.717) is 16.8 Å². The first-order valence-corrected chi connectivity index (χ1v) is 5.30. The lowest BCUT2D eigenvalue weighted by Crippen LogP contribution is -2.27. The van der Waals surface area contributed by atoms with Crippen molar-refractivity contribution in [3.8, 4) is 0 Å². The zero-order valence-electron chi connectivity index (χ0n) is 9.52. The van der Waals surface area contributed by atoms with Gasteiger partial charge in [-0.15, -0.1) is 0 Å². The quantitative estimate of drug-likeness (QED) is 0.564. The number of unbranched alkanes of at least 4 members (excludes halogenated alkanes) is 1. The molecule has 1 aliphatic rings. The number of carbonyl (C=O) groups is 2. The van der Waals surface area contributed by atoms with Crippen molar-refractivity contribution in [3.63, 3.8) is 0 Å². The summed E-state index contributed by atoms with van der Waals surface area (Å²) in [6.45, 7) is 6.21. The molecule has 0 spiro atoms. The predicted octanol–water partition coefficient (Wildman–Crippen LogP) is 1.75. The minimum absolute atomic E-state index is 0.0526. The summed E-state index contributed by atoms with van der Waals surface area (Å²) in [4.78, 5) is 23.2. The third-order valence-electron chi connectivity index (χ3n) is 2.64. The maximum atomic E-state index is 11.7. The number of carbonyl (C=O) groups excluding carboxylic acids is 2. The highest BCUT2D eigenvalue weighted by Crippen LogP contribution is 2.16. The lowest BCUT2D eigenvalue weighted by atomic mass is 9.95. The Morgan fingerprint density at radius 2 is 1.87 bits per heavy atom. The normalized spacial score (nSPS) is 16.9. The van der Waals surface area contributed by atoms with E-state index in [1.807, 2.05) is 0 Å². The lowest BCUT2D eigenvalue weighted by molar-refractivity contribution is -0.116. The van der Waals surface area contributed by atoms with Crippen LogP contribution in [0.2, 0.25) is 0 Å². The van der Waals surface area contributed by atoms with Crippen molar-refractivity contribution in [2.45, 2.75) is 33.6 Å². The molecule has 0 aromatic heterocycles. The summed E-state index contributed by atoms with van der Waals surface area (Å²) in [5.74, 6) is -0.116. The Morgan fingerprint density at radius 3 is 2.47 bits per heavy atom. The molecule has 0 unspecified atom stereocenters. The van der Waals surface area contributed by atoms with E-state index in [4.69, 9.17) is 0 Å². The van der Waals surface area contributed by atoms with E-state index < -0.39 is 0 Å². The van der Waals surface area contributed by atoms with Gasteiger partial charge in [-0.1, -0.05) is 13.3 Å². The van der Waals surface area contributed by atoms with Crippen molar-refractivity contribution in [2.75, 3.05) is 6.54 Å². The van der Waals surface area contributed by atoms with Crippen LogP contribution in [0.1, 0.15) is 33.6 Å². The van der Waals surface area contributed by atoms with E-state index in [9.17, 15) is 9.59 Å². The summed E-state index contributed by atoms with van der Waals surface area (Å²) in [6.07, 6.45) is 3.47. The van der Waals surface area contributed by atoms with Crippen molar-refractivity contribution in [1.82, 2.24) is 5.32 Å². The summed E-state index contributed by atoms with van der Waals surface area (Å²) in [5.41, 5.74) is 1.55. The van der Waals surface area contributed by atoms with Crippen molar-refractivity contribution < 1.29 is 9.59 Å². The largest absolute Gasteiger partial charge is 0.382 e. The molecule has 0 aromatic rings. The lowest BCUT2D eigenvalue weighted by Gasteiger charge is -2.15. The van der Waals surface area contributed by atoms with Crippen LogP contribution >= 0.6 is 0 Å². The van der Waals surface area contributed by atoms with Gasteiger partial charge in [0.25, 0.3) is 0 Å². The average Bonchev–Trinajstić information content (AvgIpc) is 2.23. The van der Waals surface area contributed by atoms with Crippen LogP contribution in [0.3, 0.4) is 0 Å². The highest BCUT2D eigenvalue weighted by molar-refractivity contribution is 6.21. The van der Waals surface area contributed by atoms with E-state index in [2.05, 4.69) is 12.2 Å². The summed E-state index contributed by atoms with van der Waals surface area (Å²) in [5, 5.41) is 3.01. The van der Waals surface area contributed by atoms with Crippen molar-refractivity contribution in [2.24, 2.45) is 0 Å². The Kier molecular flexibility index (Phi) is 3.83. The molecular formula is C12H17NO2. The van der Waals surface area contributed by atoms with Crippen LogP contribution in [-0.4, -0.2) is 18.1 Å². The van der Waals surface area contributed by atoms with Gasteiger partial charge < -0.3 is 5.32 Å². The first-order valence-electron chi connectivity index (χ1n) is 5.30. The molecule has 3 nitrogen and oxygen atoms in total. The van der Waals surface area contributed by atoms with Crippen molar-refractivity contribution >= 4 is 11.6 Å². The fourth-order valence-electron chi connectivity index (χ4n) is 1.39. The van der Waals surface area contributed by atoms with Gasteiger partial charge in [0.2, 0.25) is 5.78 Å². The molecule has 0 bridgehead atoms. The van der Waals surface area contributed by atoms with E-state index >= 15 is 0 Å². The molecule has 0 heterocycles. The average molecular weight is 207 g/mol. The highest BCUT2D eigenvalue weighted by atomic mass is 16.1. The Balaban J connectivity index is 2.72. The molecular weight excluding hydrogens is 190 g/mol. The summed E-state index contributed by atoms with van der Waals surface area (Å²) in [6, 6.07) is 0. The van der Waals surface area contributed by atoms with Gasteiger partial charge in [-0.05, 0) is 20.3 Å². The zero-order chi connectivity index (χ0) is 11.4. The first-order chi connectivity index (χ1) is 7.07. The fraction of sp³-hybridized carbons (Fsp3) is 0.500. The standard InChI is InChI=1S/C12H17NO2/c1-4-5-6-13-10-7-11(14)8(2)9(3)12(10)15/h7,13H,4-6H2,1-3H3. The van der Waals surface area contributed by atoms with E-state index in [0.717, 1.165) is 19.4 Å². The second-order valence-corrected chi connectivity index (χ2v) is 3.78. The number of ketones is 2. The third kappa shape index (κ3) is 2.55. The minimum Gasteiger partial charge on any atom is -0.382 e. The SMILES string of the molecule is CCCCNC1=CC(=O)C(C)=C(C)C1=O. The van der Waals surface area contributed by atoms with Crippen LogP contribution in [0.25, 0.3) is 0 Å². The van der Waals surface area contributed by atoms with E-state index in [1.165, 1.54) is 6.08 Å². The number of nitrogens with one attached hydrogen (secondary N) is 1. The molecule has 1 rings (SSSR count). The fourth-order valence-corrected chi connectivity index (χ4v) is 1.39. The molecule has 82 valence electrons. The summed E-state index contributed by atoms with van der Waals surface area (Å²) < 4.78 is 0. The van der Waals surface area contributed by atoms with Gasteiger partial charge in [0, 0.05) is 23.8 Å². The molecule has 0 amide bonds. The number of rotatable bonds is 4. The highest BCUT2D eigenvalue weighted by Gasteiger charge is 2.22. The van der Waals surface area contributed by atoms with Gasteiger partial charge in [-0.3, -0.25) is 9.59 Å². The van der Waals surface area contributed by atoms with Gasteiger partial charge >= 0.3 is 0 Å². The first kappa shape index (κ1) is 11.7. The predicted molar refractivity (Wildman–Crippen MR) is 59.4 cm³/mol. The molecule has 0 fully saturated rings. The molecule has 0 saturated heterocycles. The molecule has 15 heavy (non-hydrogen) atoms.